The van der Waals surface area contributed by atoms with Gasteiger partial charge >= 0.3 is 0 Å². The molecule has 0 spiro atoms. The van der Waals surface area contributed by atoms with Crippen molar-refractivity contribution in [3.8, 4) is 11.3 Å². The van der Waals surface area contributed by atoms with Gasteiger partial charge in [-0.3, -0.25) is 14.9 Å². The molecule has 0 N–H and O–H groups in total. The van der Waals surface area contributed by atoms with Crippen molar-refractivity contribution in [3.63, 3.8) is 0 Å². The van der Waals surface area contributed by atoms with E-state index in [9.17, 15) is 0 Å². The summed E-state index contributed by atoms with van der Waals surface area (Å²) in [6, 6.07) is 8.14. The Bertz CT molecular complexity index is 805. The van der Waals surface area contributed by atoms with Crippen LogP contribution in [0.25, 0.3) is 11.3 Å². The van der Waals surface area contributed by atoms with Crippen LogP contribution >= 0.6 is 0 Å². The van der Waals surface area contributed by atoms with Crippen molar-refractivity contribution in [3.05, 3.63) is 72.2 Å². The summed E-state index contributed by atoms with van der Waals surface area (Å²) >= 11 is 0. The van der Waals surface area contributed by atoms with E-state index in [0.29, 0.717) is 0 Å². The van der Waals surface area contributed by atoms with Gasteiger partial charge in [0, 0.05) is 67.7 Å². The van der Waals surface area contributed by atoms with Crippen molar-refractivity contribution >= 4 is 0 Å². The average molecular weight is 317 g/mol. The minimum atomic E-state index is 0.928. The second-order valence-corrected chi connectivity index (χ2v) is 6.03. The van der Waals surface area contributed by atoms with E-state index in [1.807, 2.05) is 30.7 Å². The Kier molecular flexibility index (Phi) is 4.25. The van der Waals surface area contributed by atoms with Gasteiger partial charge in [0.15, 0.2) is 0 Å². The van der Waals surface area contributed by atoms with Gasteiger partial charge in [-0.25, -0.2) is 9.97 Å². The molecule has 24 heavy (non-hydrogen) atoms. The van der Waals surface area contributed by atoms with Gasteiger partial charge in [-0.05, 0) is 30.2 Å². The van der Waals surface area contributed by atoms with Gasteiger partial charge in [0.1, 0.15) is 6.33 Å². The number of fused-ring (bicyclic) bond motifs is 1. The van der Waals surface area contributed by atoms with Gasteiger partial charge < -0.3 is 0 Å². The summed E-state index contributed by atoms with van der Waals surface area (Å²) < 4.78 is 0. The molecule has 3 aromatic rings. The Balaban J connectivity index is 1.57. The van der Waals surface area contributed by atoms with Crippen molar-refractivity contribution in [2.75, 3.05) is 13.1 Å². The van der Waals surface area contributed by atoms with E-state index in [2.05, 4.69) is 37.0 Å². The highest BCUT2D eigenvalue weighted by Crippen LogP contribution is 2.25. The van der Waals surface area contributed by atoms with Gasteiger partial charge in [-0.1, -0.05) is 6.07 Å². The lowest BCUT2D eigenvalue weighted by Gasteiger charge is -2.19. The quantitative estimate of drug-likeness (QED) is 0.743. The molecule has 0 bridgehead atoms. The Hall–Kier alpha value is -2.66. The third-order valence-electron chi connectivity index (χ3n) is 4.44. The molecule has 0 unspecified atom stereocenters. The molecule has 0 saturated carbocycles. The van der Waals surface area contributed by atoms with E-state index < -0.39 is 0 Å². The molecule has 4 rings (SSSR count). The Morgan fingerprint density at radius 2 is 1.75 bits per heavy atom. The molecule has 0 aliphatic carbocycles. The molecule has 120 valence electrons. The maximum Gasteiger partial charge on any atom is 0.116 e. The zero-order valence-corrected chi connectivity index (χ0v) is 13.5. The first-order valence-corrected chi connectivity index (χ1v) is 8.24. The molecule has 0 fully saturated rings. The number of pyridine rings is 2. The van der Waals surface area contributed by atoms with Crippen molar-refractivity contribution in [2.24, 2.45) is 0 Å². The molecule has 5 nitrogen and oxygen atoms in total. The summed E-state index contributed by atoms with van der Waals surface area (Å²) in [6.45, 7) is 2.94. The Morgan fingerprint density at radius 3 is 2.54 bits per heavy atom. The first kappa shape index (κ1) is 14.9. The fourth-order valence-corrected chi connectivity index (χ4v) is 3.23. The number of nitrogens with zero attached hydrogens (tertiary/aromatic N) is 5. The summed E-state index contributed by atoms with van der Waals surface area (Å²) in [7, 11) is 0. The predicted octanol–water partition coefficient (Wildman–Crippen LogP) is 2.53. The minimum Gasteiger partial charge on any atom is -0.298 e. The molecule has 0 amide bonds. The molecule has 0 radical (unpaired) electrons. The summed E-state index contributed by atoms with van der Waals surface area (Å²) in [5.41, 5.74) is 5.77. The van der Waals surface area contributed by atoms with Gasteiger partial charge in [0.2, 0.25) is 0 Å². The fourth-order valence-electron chi connectivity index (χ4n) is 3.23. The topological polar surface area (TPSA) is 54.8 Å². The highest BCUT2D eigenvalue weighted by atomic mass is 15.1. The maximum absolute atomic E-state index is 4.54. The zero-order chi connectivity index (χ0) is 16.2. The van der Waals surface area contributed by atoms with Crippen LogP contribution in [-0.2, 0) is 19.4 Å². The van der Waals surface area contributed by atoms with Gasteiger partial charge in [-0.2, -0.15) is 0 Å². The van der Waals surface area contributed by atoms with Crippen LogP contribution in [0.4, 0.5) is 0 Å². The molecular formula is C19H19N5. The number of hydrogen-bond donors (Lipinski definition) is 0. The van der Waals surface area contributed by atoms with Crippen LogP contribution < -0.4 is 0 Å². The number of rotatable bonds is 3. The van der Waals surface area contributed by atoms with Crippen molar-refractivity contribution < 1.29 is 0 Å². The molecule has 3 aromatic heterocycles. The second kappa shape index (κ2) is 6.84. The van der Waals surface area contributed by atoms with E-state index in [-0.39, 0.29) is 0 Å². The van der Waals surface area contributed by atoms with Crippen LogP contribution in [0.15, 0.2) is 55.4 Å². The fraction of sp³-hybridized carbons (Fsp3) is 0.263. The van der Waals surface area contributed by atoms with E-state index in [1.165, 1.54) is 11.1 Å². The van der Waals surface area contributed by atoms with Crippen molar-refractivity contribution in [2.45, 2.75) is 19.4 Å². The summed E-state index contributed by atoms with van der Waals surface area (Å²) in [4.78, 5) is 20.0. The van der Waals surface area contributed by atoms with Crippen LogP contribution in [0, 0.1) is 0 Å². The molecule has 5 heteroatoms. The number of hydrogen-bond acceptors (Lipinski definition) is 5. The molecule has 4 heterocycles. The monoisotopic (exact) mass is 317 g/mol. The van der Waals surface area contributed by atoms with Gasteiger partial charge in [0.05, 0.1) is 5.69 Å². The Labute approximate surface area is 141 Å². The van der Waals surface area contributed by atoms with Crippen LogP contribution in [0.5, 0.6) is 0 Å². The van der Waals surface area contributed by atoms with E-state index in [0.717, 1.165) is 49.4 Å². The molecular weight excluding hydrogens is 298 g/mol. The number of aromatic nitrogens is 4. The lowest BCUT2D eigenvalue weighted by atomic mass is 10.0. The van der Waals surface area contributed by atoms with Crippen LogP contribution in [0.2, 0.25) is 0 Å². The van der Waals surface area contributed by atoms with Crippen molar-refractivity contribution in [1.82, 2.24) is 24.8 Å². The van der Waals surface area contributed by atoms with Gasteiger partial charge in [0.25, 0.3) is 0 Å². The third-order valence-corrected chi connectivity index (χ3v) is 4.44. The predicted molar refractivity (Wildman–Crippen MR) is 92.2 cm³/mol. The van der Waals surface area contributed by atoms with Crippen molar-refractivity contribution in [1.29, 1.82) is 0 Å². The van der Waals surface area contributed by atoms with E-state index in [1.54, 1.807) is 12.5 Å². The first-order valence-electron chi connectivity index (χ1n) is 8.24. The summed E-state index contributed by atoms with van der Waals surface area (Å²) in [6.07, 6.45) is 11.0. The maximum atomic E-state index is 4.54. The molecule has 0 saturated heterocycles. The molecule has 0 atom stereocenters. The second-order valence-electron chi connectivity index (χ2n) is 6.03. The summed E-state index contributed by atoms with van der Waals surface area (Å²) in [5.74, 6) is 0. The van der Waals surface area contributed by atoms with Crippen LogP contribution in [0.1, 0.15) is 16.8 Å². The highest BCUT2D eigenvalue weighted by Gasteiger charge is 2.19. The highest BCUT2D eigenvalue weighted by molar-refractivity contribution is 5.62. The molecule has 1 aliphatic heterocycles. The SMILES string of the molecule is c1cncc(CN2CCc3ncnc(-c4cccnc4)c3CC2)c1. The van der Waals surface area contributed by atoms with Crippen LogP contribution in [-0.4, -0.2) is 37.9 Å². The smallest absolute Gasteiger partial charge is 0.116 e. The largest absolute Gasteiger partial charge is 0.298 e. The molecule has 1 aliphatic rings. The third kappa shape index (κ3) is 3.16. The molecule has 0 aromatic carbocycles. The zero-order valence-electron chi connectivity index (χ0n) is 13.5. The van der Waals surface area contributed by atoms with E-state index in [4.69, 9.17) is 0 Å². The Morgan fingerprint density at radius 1 is 0.917 bits per heavy atom. The van der Waals surface area contributed by atoms with E-state index >= 15 is 0 Å². The average Bonchev–Trinajstić information content (AvgIpc) is 2.86. The lowest BCUT2D eigenvalue weighted by Crippen LogP contribution is -2.26. The first-order chi connectivity index (χ1) is 11.9. The normalized spacial score (nSPS) is 14.8. The van der Waals surface area contributed by atoms with Crippen LogP contribution in [0.3, 0.4) is 0 Å². The summed E-state index contributed by atoms with van der Waals surface area (Å²) in [5, 5.41) is 0. The van der Waals surface area contributed by atoms with Gasteiger partial charge in [-0.15, -0.1) is 0 Å². The standard InChI is InChI=1S/C19H19N5/c1-3-15(11-20-7-1)13-24-9-5-17-18(6-10-24)22-14-23-19(17)16-4-2-8-21-12-16/h1-4,7-8,11-12,14H,5-6,9-10,13H2. The lowest BCUT2D eigenvalue weighted by molar-refractivity contribution is 0.278. The minimum absolute atomic E-state index is 0.928.